The standard InChI is InChI=1S/C15H21NO3/c1-15(2,3)7-8-19-13-11(14(17)18)9-10-5-4-6-12(10)16-13/h9H,4-8H2,1-3H3,(H,17,18). The Morgan fingerprint density at radius 3 is 2.79 bits per heavy atom. The van der Waals surface area contributed by atoms with E-state index in [-0.39, 0.29) is 16.9 Å². The van der Waals surface area contributed by atoms with E-state index in [1.165, 1.54) is 0 Å². The smallest absolute Gasteiger partial charge is 0.341 e. The molecule has 0 radical (unpaired) electrons. The van der Waals surface area contributed by atoms with Crippen molar-refractivity contribution in [2.24, 2.45) is 5.41 Å². The Bertz CT molecular complexity index is 489. The van der Waals surface area contributed by atoms with Gasteiger partial charge in [-0.25, -0.2) is 9.78 Å². The molecule has 19 heavy (non-hydrogen) atoms. The molecule has 1 heterocycles. The van der Waals surface area contributed by atoms with Gasteiger partial charge in [0.25, 0.3) is 0 Å². The van der Waals surface area contributed by atoms with Crippen LogP contribution < -0.4 is 4.74 Å². The SMILES string of the molecule is CC(C)(C)CCOc1nc2c(cc1C(=O)O)CCC2. The van der Waals surface area contributed by atoms with Gasteiger partial charge in [-0.1, -0.05) is 20.8 Å². The van der Waals surface area contributed by atoms with Crippen molar-refractivity contribution in [2.75, 3.05) is 6.61 Å². The van der Waals surface area contributed by atoms with E-state index in [4.69, 9.17) is 4.74 Å². The summed E-state index contributed by atoms with van der Waals surface area (Å²) < 4.78 is 5.61. The average molecular weight is 263 g/mol. The number of carboxylic acids is 1. The first kappa shape index (κ1) is 13.8. The van der Waals surface area contributed by atoms with E-state index in [0.717, 1.165) is 36.9 Å². The van der Waals surface area contributed by atoms with Gasteiger partial charge in [-0.3, -0.25) is 0 Å². The van der Waals surface area contributed by atoms with Crippen molar-refractivity contribution in [1.82, 2.24) is 4.98 Å². The van der Waals surface area contributed by atoms with Gasteiger partial charge in [0.15, 0.2) is 0 Å². The van der Waals surface area contributed by atoms with Crippen LogP contribution in [-0.4, -0.2) is 22.7 Å². The predicted molar refractivity (Wildman–Crippen MR) is 72.8 cm³/mol. The molecule has 1 aliphatic carbocycles. The predicted octanol–water partition coefficient (Wildman–Crippen LogP) is 3.08. The van der Waals surface area contributed by atoms with E-state index >= 15 is 0 Å². The molecular formula is C15H21NO3. The Morgan fingerprint density at radius 2 is 2.16 bits per heavy atom. The minimum atomic E-state index is -0.965. The molecule has 0 atom stereocenters. The summed E-state index contributed by atoms with van der Waals surface area (Å²) in [5.41, 5.74) is 2.41. The molecule has 0 unspecified atom stereocenters. The maximum Gasteiger partial charge on any atom is 0.341 e. The number of fused-ring (bicyclic) bond motifs is 1. The van der Waals surface area contributed by atoms with E-state index in [2.05, 4.69) is 25.8 Å². The Labute approximate surface area is 113 Å². The topological polar surface area (TPSA) is 59.4 Å². The second kappa shape index (κ2) is 5.19. The highest BCUT2D eigenvalue weighted by Gasteiger charge is 2.21. The van der Waals surface area contributed by atoms with Gasteiger partial charge in [0.1, 0.15) is 5.56 Å². The summed E-state index contributed by atoms with van der Waals surface area (Å²) in [4.78, 5) is 15.7. The summed E-state index contributed by atoms with van der Waals surface area (Å²) in [6.45, 7) is 6.88. The van der Waals surface area contributed by atoms with Crippen LogP contribution in [0.3, 0.4) is 0 Å². The Hall–Kier alpha value is -1.58. The summed E-state index contributed by atoms with van der Waals surface area (Å²) in [7, 11) is 0. The first-order valence-corrected chi connectivity index (χ1v) is 6.76. The van der Waals surface area contributed by atoms with E-state index in [1.807, 2.05) is 0 Å². The van der Waals surface area contributed by atoms with Crippen molar-refractivity contribution in [3.8, 4) is 5.88 Å². The molecule has 4 nitrogen and oxygen atoms in total. The molecule has 0 spiro atoms. The number of carboxylic acid groups (broad SMARTS) is 1. The van der Waals surface area contributed by atoms with Gasteiger partial charge < -0.3 is 9.84 Å². The molecule has 0 bridgehead atoms. The summed E-state index contributed by atoms with van der Waals surface area (Å²) >= 11 is 0. The van der Waals surface area contributed by atoms with Crippen molar-refractivity contribution >= 4 is 5.97 Å². The lowest BCUT2D eigenvalue weighted by atomic mass is 9.93. The van der Waals surface area contributed by atoms with Gasteiger partial charge in [0, 0.05) is 5.69 Å². The zero-order valence-electron chi connectivity index (χ0n) is 11.8. The molecule has 2 rings (SSSR count). The van der Waals surface area contributed by atoms with Gasteiger partial charge >= 0.3 is 5.97 Å². The Kier molecular flexibility index (Phi) is 3.78. The molecule has 0 saturated carbocycles. The average Bonchev–Trinajstić information content (AvgIpc) is 2.72. The molecular weight excluding hydrogens is 242 g/mol. The molecule has 0 fully saturated rings. The minimum Gasteiger partial charge on any atom is -0.477 e. The molecule has 104 valence electrons. The van der Waals surface area contributed by atoms with Crippen LogP contribution in [-0.2, 0) is 12.8 Å². The molecule has 0 aliphatic heterocycles. The van der Waals surface area contributed by atoms with Crippen molar-refractivity contribution in [3.63, 3.8) is 0 Å². The van der Waals surface area contributed by atoms with E-state index < -0.39 is 5.97 Å². The molecule has 4 heteroatoms. The number of hydrogen-bond donors (Lipinski definition) is 1. The molecule has 1 aromatic rings. The van der Waals surface area contributed by atoms with Crippen LogP contribution in [0.1, 0.15) is 55.2 Å². The number of rotatable bonds is 4. The largest absolute Gasteiger partial charge is 0.477 e. The number of pyridine rings is 1. The summed E-state index contributed by atoms with van der Waals surface area (Å²) in [5.74, 6) is -0.689. The zero-order valence-corrected chi connectivity index (χ0v) is 11.8. The fourth-order valence-corrected chi connectivity index (χ4v) is 2.17. The van der Waals surface area contributed by atoms with Crippen LogP contribution in [0.15, 0.2) is 6.07 Å². The highest BCUT2D eigenvalue weighted by atomic mass is 16.5. The summed E-state index contributed by atoms with van der Waals surface area (Å²) in [6.07, 6.45) is 3.76. The highest BCUT2D eigenvalue weighted by molar-refractivity contribution is 5.90. The van der Waals surface area contributed by atoms with E-state index in [9.17, 15) is 9.90 Å². The van der Waals surface area contributed by atoms with Crippen molar-refractivity contribution in [1.29, 1.82) is 0 Å². The van der Waals surface area contributed by atoms with Crippen molar-refractivity contribution in [3.05, 3.63) is 22.9 Å². The molecule has 1 aromatic heterocycles. The lowest BCUT2D eigenvalue weighted by Crippen LogP contribution is -2.14. The normalized spacial score (nSPS) is 14.3. The molecule has 0 amide bonds. The van der Waals surface area contributed by atoms with Crippen LogP contribution in [0.25, 0.3) is 0 Å². The maximum atomic E-state index is 11.3. The van der Waals surface area contributed by atoms with Gasteiger partial charge in [0.05, 0.1) is 6.61 Å². The number of aryl methyl sites for hydroxylation is 2. The second-order valence-corrected chi connectivity index (χ2v) is 6.26. The highest BCUT2D eigenvalue weighted by Crippen LogP contribution is 2.27. The Morgan fingerprint density at radius 1 is 1.42 bits per heavy atom. The summed E-state index contributed by atoms with van der Waals surface area (Å²) in [6, 6.07) is 1.73. The number of aromatic carboxylic acids is 1. The number of hydrogen-bond acceptors (Lipinski definition) is 3. The third-order valence-corrected chi connectivity index (χ3v) is 3.34. The fraction of sp³-hybridized carbons (Fsp3) is 0.600. The monoisotopic (exact) mass is 263 g/mol. The van der Waals surface area contributed by atoms with Crippen LogP contribution in [0.4, 0.5) is 0 Å². The van der Waals surface area contributed by atoms with Crippen molar-refractivity contribution in [2.45, 2.75) is 46.5 Å². The number of carbonyl (C=O) groups is 1. The number of ether oxygens (including phenoxy) is 1. The van der Waals surface area contributed by atoms with E-state index in [0.29, 0.717) is 6.61 Å². The summed E-state index contributed by atoms with van der Waals surface area (Å²) in [5, 5.41) is 9.24. The maximum absolute atomic E-state index is 11.3. The Balaban J connectivity index is 2.16. The second-order valence-electron chi connectivity index (χ2n) is 6.26. The van der Waals surface area contributed by atoms with Crippen LogP contribution >= 0.6 is 0 Å². The molecule has 0 saturated heterocycles. The molecule has 1 aliphatic rings. The quantitative estimate of drug-likeness (QED) is 0.906. The lowest BCUT2D eigenvalue weighted by Gasteiger charge is -2.18. The van der Waals surface area contributed by atoms with Crippen LogP contribution in [0, 0.1) is 5.41 Å². The lowest BCUT2D eigenvalue weighted by molar-refractivity contribution is 0.0690. The van der Waals surface area contributed by atoms with Crippen LogP contribution in [0.2, 0.25) is 0 Å². The van der Waals surface area contributed by atoms with Crippen LogP contribution in [0.5, 0.6) is 5.88 Å². The van der Waals surface area contributed by atoms with Gasteiger partial charge in [0.2, 0.25) is 5.88 Å². The molecule has 0 aromatic carbocycles. The molecule has 1 N–H and O–H groups in total. The van der Waals surface area contributed by atoms with Gasteiger partial charge in [-0.05, 0) is 42.7 Å². The number of aromatic nitrogens is 1. The first-order valence-electron chi connectivity index (χ1n) is 6.76. The number of nitrogens with zero attached hydrogens (tertiary/aromatic N) is 1. The fourth-order valence-electron chi connectivity index (χ4n) is 2.17. The third-order valence-electron chi connectivity index (χ3n) is 3.34. The first-order chi connectivity index (χ1) is 8.87. The van der Waals surface area contributed by atoms with Gasteiger partial charge in [-0.15, -0.1) is 0 Å². The van der Waals surface area contributed by atoms with Crippen molar-refractivity contribution < 1.29 is 14.6 Å². The third kappa shape index (κ3) is 3.46. The van der Waals surface area contributed by atoms with Gasteiger partial charge in [-0.2, -0.15) is 0 Å². The zero-order chi connectivity index (χ0) is 14.0. The minimum absolute atomic E-state index is 0.167. The van der Waals surface area contributed by atoms with E-state index in [1.54, 1.807) is 6.07 Å².